The molecule has 0 aliphatic carbocycles. The molecule has 0 unspecified atom stereocenters. The fraction of sp³-hybridized carbons (Fsp3) is 0. The Morgan fingerprint density at radius 2 is 1.70 bits per heavy atom. The standard InChI is InChI=1S/C15H10Cl2N2O3S/c16-12-7-6-10(8-13(12)17)19-9-14(20)15(18-19)23(21,22)11-4-2-1-3-5-11/h1-9,20H. The largest absolute Gasteiger partial charge is 0.504 e. The van der Waals surface area contributed by atoms with Crippen molar-refractivity contribution in [3.8, 4) is 11.4 Å². The van der Waals surface area contributed by atoms with Gasteiger partial charge in [0.25, 0.3) is 0 Å². The average Bonchev–Trinajstić information content (AvgIpc) is 2.93. The summed E-state index contributed by atoms with van der Waals surface area (Å²) in [5.41, 5.74) is 0.476. The van der Waals surface area contributed by atoms with Gasteiger partial charge in [-0.25, -0.2) is 13.1 Å². The Labute approximate surface area is 142 Å². The van der Waals surface area contributed by atoms with Gasteiger partial charge in [-0.2, -0.15) is 5.10 Å². The molecule has 0 spiro atoms. The van der Waals surface area contributed by atoms with E-state index < -0.39 is 20.6 Å². The molecule has 1 N–H and O–H groups in total. The number of rotatable bonds is 3. The van der Waals surface area contributed by atoms with Gasteiger partial charge in [-0.05, 0) is 30.3 Å². The Kier molecular flexibility index (Phi) is 4.06. The zero-order valence-corrected chi connectivity index (χ0v) is 13.8. The first-order chi connectivity index (χ1) is 10.9. The zero-order chi connectivity index (χ0) is 16.6. The number of aromatic nitrogens is 2. The van der Waals surface area contributed by atoms with Crippen LogP contribution in [0, 0.1) is 0 Å². The number of nitrogens with zero attached hydrogens (tertiary/aromatic N) is 2. The summed E-state index contributed by atoms with van der Waals surface area (Å²) in [7, 11) is -3.92. The summed E-state index contributed by atoms with van der Waals surface area (Å²) < 4.78 is 26.3. The van der Waals surface area contributed by atoms with Gasteiger partial charge in [-0.3, -0.25) is 0 Å². The van der Waals surface area contributed by atoms with E-state index in [9.17, 15) is 13.5 Å². The SMILES string of the molecule is O=S(=O)(c1ccccc1)c1nn(-c2ccc(Cl)c(Cl)c2)cc1O. The highest BCUT2D eigenvalue weighted by atomic mass is 35.5. The van der Waals surface area contributed by atoms with Crippen LogP contribution < -0.4 is 0 Å². The molecule has 118 valence electrons. The van der Waals surface area contributed by atoms with E-state index >= 15 is 0 Å². The zero-order valence-electron chi connectivity index (χ0n) is 11.5. The van der Waals surface area contributed by atoms with Gasteiger partial charge in [-0.1, -0.05) is 41.4 Å². The first-order valence-electron chi connectivity index (χ1n) is 6.44. The van der Waals surface area contributed by atoms with Crippen molar-refractivity contribution in [2.24, 2.45) is 0 Å². The lowest BCUT2D eigenvalue weighted by Gasteiger charge is -2.03. The van der Waals surface area contributed by atoms with Crippen LogP contribution in [-0.2, 0) is 9.84 Å². The molecule has 0 bridgehead atoms. The minimum atomic E-state index is -3.92. The maximum absolute atomic E-state index is 12.5. The summed E-state index contributed by atoms with van der Waals surface area (Å²) in [4.78, 5) is 0.0506. The average molecular weight is 369 g/mol. The van der Waals surface area contributed by atoms with E-state index in [2.05, 4.69) is 5.10 Å². The Bertz CT molecular complexity index is 970. The van der Waals surface area contributed by atoms with E-state index in [4.69, 9.17) is 23.2 Å². The maximum Gasteiger partial charge on any atom is 0.229 e. The van der Waals surface area contributed by atoms with Crippen molar-refractivity contribution in [2.75, 3.05) is 0 Å². The molecule has 0 atom stereocenters. The van der Waals surface area contributed by atoms with Gasteiger partial charge in [0.1, 0.15) is 0 Å². The molecule has 0 saturated heterocycles. The predicted molar refractivity (Wildman–Crippen MR) is 87.1 cm³/mol. The van der Waals surface area contributed by atoms with Crippen molar-refractivity contribution in [2.45, 2.75) is 9.92 Å². The number of sulfone groups is 1. The highest BCUT2D eigenvalue weighted by Crippen LogP contribution is 2.30. The fourth-order valence-corrected chi connectivity index (χ4v) is 3.57. The number of aromatic hydroxyl groups is 1. The van der Waals surface area contributed by atoms with Gasteiger partial charge in [0.05, 0.1) is 26.8 Å². The minimum absolute atomic E-state index is 0.0506. The molecule has 1 aromatic heterocycles. The summed E-state index contributed by atoms with van der Waals surface area (Å²) >= 11 is 11.8. The van der Waals surface area contributed by atoms with E-state index in [1.165, 1.54) is 29.1 Å². The molecule has 0 amide bonds. The van der Waals surface area contributed by atoms with E-state index in [1.807, 2.05) is 0 Å². The molecule has 23 heavy (non-hydrogen) atoms. The van der Waals surface area contributed by atoms with Crippen LogP contribution in [-0.4, -0.2) is 23.3 Å². The molecule has 2 aromatic carbocycles. The summed E-state index contributed by atoms with van der Waals surface area (Å²) in [6.45, 7) is 0. The molecule has 0 aliphatic rings. The highest BCUT2D eigenvalue weighted by molar-refractivity contribution is 7.91. The second-order valence-electron chi connectivity index (χ2n) is 4.68. The third-order valence-corrected chi connectivity index (χ3v) is 5.57. The normalized spacial score (nSPS) is 11.6. The third kappa shape index (κ3) is 2.93. The van der Waals surface area contributed by atoms with Crippen LogP contribution in [0.25, 0.3) is 5.69 Å². The summed E-state index contributed by atoms with van der Waals surface area (Å²) in [5, 5.41) is 14.2. The minimum Gasteiger partial charge on any atom is -0.504 e. The van der Waals surface area contributed by atoms with Gasteiger partial charge in [-0.15, -0.1) is 0 Å². The van der Waals surface area contributed by atoms with Crippen LogP contribution in [0.5, 0.6) is 5.75 Å². The summed E-state index contributed by atoms with van der Waals surface area (Å²) in [5.74, 6) is -0.445. The van der Waals surface area contributed by atoms with Crippen LogP contribution in [0.1, 0.15) is 0 Å². The van der Waals surface area contributed by atoms with Crippen molar-refractivity contribution in [1.82, 2.24) is 9.78 Å². The predicted octanol–water partition coefficient (Wildman–Crippen LogP) is 3.72. The molecule has 0 fully saturated rings. The molecule has 3 rings (SSSR count). The van der Waals surface area contributed by atoms with Crippen LogP contribution in [0.2, 0.25) is 10.0 Å². The van der Waals surface area contributed by atoms with Crippen LogP contribution >= 0.6 is 23.2 Å². The topological polar surface area (TPSA) is 72.2 Å². The number of halogens is 2. The Morgan fingerprint density at radius 3 is 2.35 bits per heavy atom. The quantitative estimate of drug-likeness (QED) is 0.764. The van der Waals surface area contributed by atoms with Crippen LogP contribution in [0.3, 0.4) is 0 Å². The summed E-state index contributed by atoms with van der Waals surface area (Å²) in [6.07, 6.45) is 1.20. The van der Waals surface area contributed by atoms with Crippen LogP contribution in [0.15, 0.2) is 64.6 Å². The lowest BCUT2D eigenvalue weighted by Crippen LogP contribution is -2.04. The maximum atomic E-state index is 12.5. The van der Waals surface area contributed by atoms with Crippen molar-refractivity contribution >= 4 is 33.0 Å². The molecule has 0 saturated carbocycles. The molecule has 8 heteroatoms. The van der Waals surface area contributed by atoms with Gasteiger partial charge >= 0.3 is 0 Å². The molecule has 1 heterocycles. The van der Waals surface area contributed by atoms with Gasteiger partial charge in [0, 0.05) is 0 Å². The van der Waals surface area contributed by atoms with E-state index in [1.54, 1.807) is 30.3 Å². The first kappa shape index (κ1) is 15.9. The molecule has 0 radical (unpaired) electrons. The molecule has 3 aromatic rings. The second-order valence-corrected chi connectivity index (χ2v) is 7.36. The van der Waals surface area contributed by atoms with Crippen molar-refractivity contribution in [3.05, 3.63) is 64.8 Å². The Morgan fingerprint density at radius 1 is 1.00 bits per heavy atom. The lowest BCUT2D eigenvalue weighted by atomic mass is 10.3. The van der Waals surface area contributed by atoms with Gasteiger partial charge < -0.3 is 5.11 Å². The Balaban J connectivity index is 2.10. The van der Waals surface area contributed by atoms with E-state index in [0.29, 0.717) is 15.7 Å². The molecule has 5 nitrogen and oxygen atoms in total. The molecule has 0 aliphatic heterocycles. The van der Waals surface area contributed by atoms with Crippen molar-refractivity contribution in [1.29, 1.82) is 0 Å². The van der Waals surface area contributed by atoms with Gasteiger partial charge in [0.15, 0.2) is 5.75 Å². The van der Waals surface area contributed by atoms with Crippen LogP contribution in [0.4, 0.5) is 0 Å². The second kappa shape index (κ2) is 5.88. The van der Waals surface area contributed by atoms with Gasteiger partial charge in [0.2, 0.25) is 14.9 Å². The third-order valence-electron chi connectivity index (χ3n) is 3.14. The summed E-state index contributed by atoms with van der Waals surface area (Å²) in [6, 6.07) is 12.5. The smallest absolute Gasteiger partial charge is 0.229 e. The van der Waals surface area contributed by atoms with E-state index in [0.717, 1.165) is 0 Å². The molecular formula is C15H10Cl2N2O3S. The fourth-order valence-electron chi connectivity index (χ4n) is 2.01. The van der Waals surface area contributed by atoms with E-state index in [-0.39, 0.29) is 4.90 Å². The molecular weight excluding hydrogens is 359 g/mol. The number of hydrogen-bond donors (Lipinski definition) is 1. The monoisotopic (exact) mass is 368 g/mol. The van der Waals surface area contributed by atoms with Crippen molar-refractivity contribution < 1.29 is 13.5 Å². The lowest BCUT2D eigenvalue weighted by molar-refractivity contribution is 0.458. The van der Waals surface area contributed by atoms with Crippen molar-refractivity contribution in [3.63, 3.8) is 0 Å². The number of benzene rings is 2. The highest BCUT2D eigenvalue weighted by Gasteiger charge is 2.25. The first-order valence-corrected chi connectivity index (χ1v) is 8.68. The Hall–Kier alpha value is -2.02. The number of hydrogen-bond acceptors (Lipinski definition) is 4.